The van der Waals surface area contributed by atoms with E-state index in [4.69, 9.17) is 26.8 Å². The van der Waals surface area contributed by atoms with E-state index in [2.05, 4.69) is 10.3 Å². The zero-order valence-electron chi connectivity index (χ0n) is 16.8. The second-order valence-electron chi connectivity index (χ2n) is 7.63. The molecule has 0 aliphatic carbocycles. The highest BCUT2D eigenvalue weighted by molar-refractivity contribution is 14.0. The zero-order chi connectivity index (χ0) is 20.0. The lowest BCUT2D eigenvalue weighted by molar-refractivity contribution is 0.0171. The van der Waals surface area contributed by atoms with E-state index in [0.717, 1.165) is 18.5 Å². The molecule has 7 nitrogen and oxygen atoms in total. The summed E-state index contributed by atoms with van der Waals surface area (Å²) in [6.45, 7) is 7.49. The van der Waals surface area contributed by atoms with E-state index in [9.17, 15) is 4.79 Å². The second kappa shape index (κ2) is 10.9. The number of halogens is 2. The number of nitrogens with one attached hydrogen (secondary N) is 1. The molecule has 1 atom stereocenters. The third-order valence-corrected chi connectivity index (χ3v) is 4.41. The molecule has 0 aromatic heterocycles. The summed E-state index contributed by atoms with van der Waals surface area (Å²) in [5.41, 5.74) is 6.23. The van der Waals surface area contributed by atoms with Crippen LogP contribution in [-0.4, -0.2) is 49.3 Å². The zero-order valence-corrected chi connectivity index (χ0v) is 19.9. The van der Waals surface area contributed by atoms with Gasteiger partial charge in [-0.15, -0.1) is 24.0 Å². The molecule has 0 spiro atoms. The Morgan fingerprint density at radius 2 is 2.14 bits per heavy atom. The van der Waals surface area contributed by atoms with E-state index in [1.54, 1.807) is 24.1 Å². The molecule has 1 fully saturated rings. The third kappa shape index (κ3) is 7.90. The highest BCUT2D eigenvalue weighted by Crippen LogP contribution is 2.27. The minimum atomic E-state index is -0.490. The monoisotopic (exact) mass is 524 g/mol. The summed E-state index contributed by atoms with van der Waals surface area (Å²) in [6.07, 6.45) is 1.67. The Bertz CT molecular complexity index is 694. The fraction of sp³-hybridized carbons (Fsp3) is 0.579. The Hall–Kier alpha value is -1.42. The first-order valence-electron chi connectivity index (χ1n) is 9.06. The Morgan fingerprint density at radius 3 is 2.75 bits per heavy atom. The molecule has 1 amide bonds. The average molecular weight is 525 g/mol. The van der Waals surface area contributed by atoms with Crippen LogP contribution in [0.3, 0.4) is 0 Å². The Labute approximate surface area is 189 Å². The van der Waals surface area contributed by atoms with Gasteiger partial charge in [0.05, 0.1) is 12.1 Å². The fourth-order valence-corrected chi connectivity index (χ4v) is 3.12. The van der Waals surface area contributed by atoms with Gasteiger partial charge in [0.25, 0.3) is 0 Å². The molecule has 1 aliphatic heterocycles. The molecule has 1 aliphatic rings. The minimum Gasteiger partial charge on any atom is -0.495 e. The van der Waals surface area contributed by atoms with Crippen molar-refractivity contribution in [3.63, 3.8) is 0 Å². The van der Waals surface area contributed by atoms with Gasteiger partial charge in [0.2, 0.25) is 0 Å². The predicted octanol–water partition coefficient (Wildman–Crippen LogP) is 4.34. The van der Waals surface area contributed by atoms with E-state index < -0.39 is 5.60 Å². The number of ether oxygens (including phenoxy) is 2. The van der Waals surface area contributed by atoms with Crippen LogP contribution >= 0.6 is 35.6 Å². The van der Waals surface area contributed by atoms with Crippen molar-refractivity contribution in [3.8, 4) is 5.75 Å². The van der Waals surface area contributed by atoms with Gasteiger partial charge in [0.15, 0.2) is 5.96 Å². The number of carbonyl (C=O) groups is 1. The number of amides is 1. The number of aliphatic imine (C=N–C) groups is 1. The molecule has 0 radical (unpaired) electrons. The smallest absolute Gasteiger partial charge is 0.410 e. The van der Waals surface area contributed by atoms with Crippen molar-refractivity contribution in [1.82, 2.24) is 4.90 Å². The van der Waals surface area contributed by atoms with Crippen molar-refractivity contribution < 1.29 is 14.3 Å². The number of hydrogen-bond acceptors (Lipinski definition) is 4. The minimum absolute atomic E-state index is 0. The summed E-state index contributed by atoms with van der Waals surface area (Å²) in [4.78, 5) is 18.4. The van der Waals surface area contributed by atoms with Gasteiger partial charge < -0.3 is 25.4 Å². The van der Waals surface area contributed by atoms with Crippen LogP contribution in [0.25, 0.3) is 0 Å². The number of rotatable bonds is 4. The van der Waals surface area contributed by atoms with Crippen LogP contribution in [0.2, 0.25) is 5.02 Å². The number of hydrogen-bond donors (Lipinski definition) is 2. The lowest BCUT2D eigenvalue weighted by Crippen LogP contribution is -2.43. The number of carbonyl (C=O) groups excluding carboxylic acids is 1. The summed E-state index contributed by atoms with van der Waals surface area (Å²) in [7, 11) is 1.56. The summed E-state index contributed by atoms with van der Waals surface area (Å²) >= 11 is 6.11. The standard InChI is InChI=1S/C19H29ClN4O3.HI/c1-19(2,3)27-18(25)24-9-5-6-13(12-24)11-22-17(21)23-14-7-8-16(26-4)15(20)10-14;/h7-8,10,13H,5-6,9,11-12H2,1-4H3,(H3,21,22,23);1H. The first kappa shape index (κ1) is 24.6. The molecule has 9 heteroatoms. The van der Waals surface area contributed by atoms with Gasteiger partial charge in [0, 0.05) is 25.3 Å². The van der Waals surface area contributed by atoms with Crippen molar-refractivity contribution in [2.45, 2.75) is 39.2 Å². The van der Waals surface area contributed by atoms with E-state index >= 15 is 0 Å². The highest BCUT2D eigenvalue weighted by atomic mass is 127. The number of nitrogens with zero attached hydrogens (tertiary/aromatic N) is 2. The van der Waals surface area contributed by atoms with Crippen molar-refractivity contribution in [3.05, 3.63) is 23.2 Å². The topological polar surface area (TPSA) is 89.2 Å². The maximum absolute atomic E-state index is 12.2. The van der Waals surface area contributed by atoms with Crippen molar-refractivity contribution in [2.24, 2.45) is 16.6 Å². The number of anilines is 1. The quantitative estimate of drug-likeness (QED) is 0.347. The van der Waals surface area contributed by atoms with Crippen LogP contribution in [0.4, 0.5) is 10.5 Å². The van der Waals surface area contributed by atoms with Crippen LogP contribution in [0.1, 0.15) is 33.6 Å². The normalized spacial score (nSPS) is 17.5. The SMILES string of the molecule is COc1ccc(NC(N)=NCC2CCCN(C(=O)OC(C)(C)C)C2)cc1Cl.I. The molecule has 28 heavy (non-hydrogen) atoms. The molecule has 1 aromatic carbocycles. The Kier molecular flexibility index (Phi) is 9.62. The molecule has 3 N–H and O–H groups in total. The van der Waals surface area contributed by atoms with Crippen molar-refractivity contribution in [2.75, 3.05) is 32.1 Å². The maximum Gasteiger partial charge on any atom is 0.410 e. The summed E-state index contributed by atoms with van der Waals surface area (Å²) in [6, 6.07) is 5.31. The molecule has 1 heterocycles. The van der Waals surface area contributed by atoms with Gasteiger partial charge in [-0.05, 0) is 57.7 Å². The maximum atomic E-state index is 12.2. The number of guanidine groups is 1. The van der Waals surface area contributed by atoms with Crippen LogP contribution in [-0.2, 0) is 4.74 Å². The molecule has 1 aromatic rings. The van der Waals surface area contributed by atoms with Crippen LogP contribution in [0.15, 0.2) is 23.2 Å². The van der Waals surface area contributed by atoms with Gasteiger partial charge in [-0.1, -0.05) is 11.6 Å². The van der Waals surface area contributed by atoms with Crippen LogP contribution in [0, 0.1) is 5.92 Å². The van der Waals surface area contributed by atoms with Gasteiger partial charge in [-0.3, -0.25) is 4.99 Å². The van der Waals surface area contributed by atoms with Gasteiger partial charge in [-0.2, -0.15) is 0 Å². The Balaban J connectivity index is 0.00000392. The predicted molar refractivity (Wildman–Crippen MR) is 124 cm³/mol. The van der Waals surface area contributed by atoms with E-state index in [1.165, 1.54) is 0 Å². The number of benzene rings is 1. The van der Waals surface area contributed by atoms with E-state index in [1.807, 2.05) is 26.8 Å². The van der Waals surface area contributed by atoms with Crippen LogP contribution in [0.5, 0.6) is 5.75 Å². The van der Waals surface area contributed by atoms with E-state index in [0.29, 0.717) is 36.4 Å². The first-order valence-corrected chi connectivity index (χ1v) is 9.44. The lowest BCUT2D eigenvalue weighted by Gasteiger charge is -2.33. The third-order valence-electron chi connectivity index (χ3n) is 4.11. The summed E-state index contributed by atoms with van der Waals surface area (Å²) in [5, 5.41) is 3.52. The average Bonchev–Trinajstić information content (AvgIpc) is 2.59. The highest BCUT2D eigenvalue weighted by Gasteiger charge is 2.27. The number of methoxy groups -OCH3 is 1. The molecule has 158 valence electrons. The molecular formula is C19H30ClIN4O3. The largest absolute Gasteiger partial charge is 0.495 e. The van der Waals surface area contributed by atoms with Gasteiger partial charge in [-0.25, -0.2) is 4.79 Å². The van der Waals surface area contributed by atoms with Crippen LogP contribution < -0.4 is 15.8 Å². The molecule has 0 bridgehead atoms. The second-order valence-corrected chi connectivity index (χ2v) is 8.04. The first-order chi connectivity index (χ1) is 12.7. The van der Waals surface area contributed by atoms with E-state index in [-0.39, 0.29) is 36.0 Å². The number of piperidine rings is 1. The summed E-state index contributed by atoms with van der Waals surface area (Å²) in [5.74, 6) is 1.17. The molecular weight excluding hydrogens is 495 g/mol. The molecule has 1 saturated heterocycles. The molecule has 1 unspecified atom stereocenters. The fourth-order valence-electron chi connectivity index (χ4n) is 2.87. The van der Waals surface area contributed by atoms with Crippen molar-refractivity contribution in [1.29, 1.82) is 0 Å². The number of nitrogens with two attached hydrogens (primary N) is 1. The Morgan fingerprint density at radius 1 is 1.43 bits per heavy atom. The van der Waals surface area contributed by atoms with Gasteiger partial charge >= 0.3 is 6.09 Å². The number of likely N-dealkylation sites (tertiary alicyclic amines) is 1. The molecule has 0 saturated carbocycles. The summed E-state index contributed by atoms with van der Waals surface area (Å²) < 4.78 is 10.6. The lowest BCUT2D eigenvalue weighted by atomic mass is 9.98. The molecule has 2 rings (SSSR count). The van der Waals surface area contributed by atoms with Crippen molar-refractivity contribution >= 4 is 53.3 Å². The van der Waals surface area contributed by atoms with Gasteiger partial charge in [0.1, 0.15) is 11.4 Å².